The van der Waals surface area contributed by atoms with E-state index in [4.69, 9.17) is 9.72 Å². The van der Waals surface area contributed by atoms with Gasteiger partial charge in [-0.2, -0.15) is 0 Å². The molecule has 1 N–H and O–H groups in total. The van der Waals surface area contributed by atoms with Gasteiger partial charge in [0.05, 0.1) is 17.9 Å². The first-order valence-corrected chi connectivity index (χ1v) is 7.82. The second-order valence-electron chi connectivity index (χ2n) is 6.60. The van der Waals surface area contributed by atoms with Gasteiger partial charge in [-0.3, -0.25) is 0 Å². The number of nitrogens with one attached hydrogen (secondary N) is 1. The summed E-state index contributed by atoms with van der Waals surface area (Å²) in [6.45, 7) is 8.35. The molecule has 0 saturated carbocycles. The Kier molecular flexibility index (Phi) is 4.03. The normalized spacial score (nSPS) is 28.5. The van der Waals surface area contributed by atoms with Crippen molar-refractivity contribution in [3.05, 3.63) is 23.3 Å². The molecule has 4 heteroatoms. The maximum Gasteiger partial charge on any atom is 0.134 e. The number of aromatic nitrogens is 2. The monoisotopic (exact) mass is 275 g/mol. The van der Waals surface area contributed by atoms with Crippen molar-refractivity contribution in [3.63, 3.8) is 0 Å². The first kappa shape index (κ1) is 14.0. The largest absolute Gasteiger partial charge is 0.374 e. The quantitative estimate of drug-likeness (QED) is 0.897. The zero-order chi connectivity index (χ0) is 14.1. The van der Waals surface area contributed by atoms with Crippen LogP contribution in [-0.2, 0) is 11.3 Å². The van der Waals surface area contributed by atoms with Gasteiger partial charge in [0.25, 0.3) is 0 Å². The van der Waals surface area contributed by atoms with Crippen molar-refractivity contribution in [1.29, 1.82) is 0 Å². The molecule has 0 aliphatic carbocycles. The van der Waals surface area contributed by atoms with Crippen molar-refractivity contribution in [2.45, 2.75) is 64.7 Å². The molecule has 1 aromatic heterocycles. The summed E-state index contributed by atoms with van der Waals surface area (Å²) in [7, 11) is 0. The van der Waals surface area contributed by atoms with Crippen molar-refractivity contribution in [1.82, 2.24) is 15.3 Å². The highest BCUT2D eigenvalue weighted by atomic mass is 16.5. The van der Waals surface area contributed by atoms with Gasteiger partial charge in [-0.05, 0) is 44.7 Å². The summed E-state index contributed by atoms with van der Waals surface area (Å²) in [5.41, 5.74) is 2.18. The van der Waals surface area contributed by atoms with Crippen molar-refractivity contribution in [3.8, 4) is 0 Å². The topological polar surface area (TPSA) is 47.0 Å². The predicted octanol–water partition coefficient (Wildman–Crippen LogP) is 2.57. The van der Waals surface area contributed by atoms with E-state index in [0.717, 1.165) is 36.7 Å². The Labute approximate surface area is 121 Å². The molecule has 0 amide bonds. The molecule has 1 aromatic rings. The van der Waals surface area contributed by atoms with E-state index in [1.165, 1.54) is 12.8 Å². The highest BCUT2D eigenvalue weighted by Gasteiger charge is 2.42. The van der Waals surface area contributed by atoms with Crippen LogP contribution in [0.15, 0.2) is 6.07 Å². The molecule has 3 heterocycles. The minimum atomic E-state index is 0.360. The summed E-state index contributed by atoms with van der Waals surface area (Å²) in [6.07, 6.45) is 4.31. The molecule has 2 aliphatic heterocycles. The van der Waals surface area contributed by atoms with E-state index in [2.05, 4.69) is 37.1 Å². The van der Waals surface area contributed by atoms with Crippen LogP contribution in [0.3, 0.4) is 0 Å². The van der Waals surface area contributed by atoms with Gasteiger partial charge in [-0.1, -0.05) is 13.8 Å². The molecule has 3 rings (SSSR count). The van der Waals surface area contributed by atoms with E-state index in [0.29, 0.717) is 24.0 Å². The van der Waals surface area contributed by atoms with Crippen LogP contribution in [0.1, 0.15) is 56.2 Å². The molecule has 4 nitrogen and oxygen atoms in total. The molecule has 110 valence electrons. The first-order valence-electron chi connectivity index (χ1n) is 7.82. The van der Waals surface area contributed by atoms with Gasteiger partial charge in [-0.25, -0.2) is 9.97 Å². The molecule has 0 radical (unpaired) electrons. The number of rotatable bonds is 5. The van der Waals surface area contributed by atoms with Crippen LogP contribution in [0.4, 0.5) is 0 Å². The van der Waals surface area contributed by atoms with E-state index in [1.807, 2.05) is 0 Å². The number of hydrogen-bond donors (Lipinski definition) is 1. The molecule has 3 unspecified atom stereocenters. The predicted molar refractivity (Wildman–Crippen MR) is 78.6 cm³/mol. The van der Waals surface area contributed by atoms with Crippen LogP contribution in [-0.4, -0.2) is 28.7 Å². The lowest BCUT2D eigenvalue weighted by atomic mass is 9.88. The minimum absolute atomic E-state index is 0.360. The zero-order valence-corrected chi connectivity index (χ0v) is 12.7. The SMILES string of the molecule is Cc1cc(CNCC(C)C)nc(C2CC3CCC2O3)n1. The molecular weight excluding hydrogens is 250 g/mol. The van der Waals surface area contributed by atoms with Gasteiger partial charge < -0.3 is 10.1 Å². The standard InChI is InChI=1S/C16H25N3O/c1-10(2)8-17-9-12-6-11(3)18-16(19-12)14-7-13-4-5-15(14)20-13/h6,10,13-15,17H,4-5,7-9H2,1-3H3. The summed E-state index contributed by atoms with van der Waals surface area (Å²) in [5.74, 6) is 2.08. The summed E-state index contributed by atoms with van der Waals surface area (Å²) in [4.78, 5) is 9.44. The van der Waals surface area contributed by atoms with Gasteiger partial charge >= 0.3 is 0 Å². The van der Waals surface area contributed by atoms with Crippen LogP contribution >= 0.6 is 0 Å². The zero-order valence-electron chi connectivity index (χ0n) is 12.7. The third-order valence-corrected chi connectivity index (χ3v) is 4.22. The molecule has 20 heavy (non-hydrogen) atoms. The molecule has 0 aromatic carbocycles. The van der Waals surface area contributed by atoms with Crippen LogP contribution in [0.25, 0.3) is 0 Å². The molecular formula is C16H25N3O. The summed E-state index contributed by atoms with van der Waals surface area (Å²) in [5, 5.41) is 3.46. The Morgan fingerprint density at radius 3 is 2.85 bits per heavy atom. The first-order chi connectivity index (χ1) is 9.61. The van der Waals surface area contributed by atoms with E-state index in [-0.39, 0.29) is 0 Å². The van der Waals surface area contributed by atoms with Gasteiger partial charge in [0.1, 0.15) is 5.82 Å². The maximum absolute atomic E-state index is 5.94. The number of aryl methyl sites for hydroxylation is 1. The number of ether oxygens (including phenoxy) is 1. The van der Waals surface area contributed by atoms with Crippen LogP contribution in [0.2, 0.25) is 0 Å². The van der Waals surface area contributed by atoms with Crippen LogP contribution in [0.5, 0.6) is 0 Å². The van der Waals surface area contributed by atoms with Crippen molar-refractivity contribution in [2.24, 2.45) is 5.92 Å². The van der Waals surface area contributed by atoms with E-state index < -0.39 is 0 Å². The Morgan fingerprint density at radius 1 is 1.35 bits per heavy atom. The Balaban J connectivity index is 1.70. The number of fused-ring (bicyclic) bond motifs is 2. The third-order valence-electron chi connectivity index (χ3n) is 4.22. The van der Waals surface area contributed by atoms with Crippen molar-refractivity contribution >= 4 is 0 Å². The average molecular weight is 275 g/mol. The molecule has 2 fully saturated rings. The van der Waals surface area contributed by atoms with E-state index in [1.54, 1.807) is 0 Å². The smallest absolute Gasteiger partial charge is 0.134 e. The fraction of sp³-hybridized carbons (Fsp3) is 0.750. The lowest BCUT2D eigenvalue weighted by molar-refractivity contribution is 0.0998. The molecule has 2 bridgehead atoms. The second kappa shape index (κ2) is 5.78. The van der Waals surface area contributed by atoms with Gasteiger partial charge in [0.2, 0.25) is 0 Å². The van der Waals surface area contributed by atoms with E-state index >= 15 is 0 Å². The minimum Gasteiger partial charge on any atom is -0.374 e. The van der Waals surface area contributed by atoms with Crippen molar-refractivity contribution in [2.75, 3.05) is 6.54 Å². The lowest BCUT2D eigenvalue weighted by Crippen LogP contribution is -2.22. The van der Waals surface area contributed by atoms with Gasteiger partial charge in [0, 0.05) is 18.2 Å². The van der Waals surface area contributed by atoms with Crippen LogP contribution < -0.4 is 5.32 Å². The van der Waals surface area contributed by atoms with Crippen molar-refractivity contribution < 1.29 is 4.74 Å². The second-order valence-corrected chi connectivity index (χ2v) is 6.60. The van der Waals surface area contributed by atoms with E-state index in [9.17, 15) is 0 Å². The number of hydrogen-bond acceptors (Lipinski definition) is 4. The fourth-order valence-corrected chi connectivity index (χ4v) is 3.31. The average Bonchev–Trinajstić information content (AvgIpc) is 2.99. The van der Waals surface area contributed by atoms with Crippen LogP contribution in [0, 0.1) is 12.8 Å². The molecule has 3 atom stereocenters. The Morgan fingerprint density at radius 2 is 2.20 bits per heavy atom. The Bertz CT molecular complexity index is 475. The molecule has 2 aliphatic rings. The maximum atomic E-state index is 5.94. The number of nitrogens with zero attached hydrogens (tertiary/aromatic N) is 2. The van der Waals surface area contributed by atoms with Gasteiger partial charge in [0.15, 0.2) is 0 Å². The summed E-state index contributed by atoms with van der Waals surface area (Å²) >= 11 is 0. The fourth-order valence-electron chi connectivity index (χ4n) is 3.31. The highest BCUT2D eigenvalue weighted by molar-refractivity contribution is 5.15. The Hall–Kier alpha value is -1.00. The molecule has 2 saturated heterocycles. The lowest BCUT2D eigenvalue weighted by Gasteiger charge is -2.18. The summed E-state index contributed by atoms with van der Waals surface area (Å²) < 4.78 is 5.94. The summed E-state index contributed by atoms with van der Waals surface area (Å²) in [6, 6.07) is 2.09. The molecule has 0 spiro atoms. The highest BCUT2D eigenvalue weighted by Crippen LogP contribution is 2.43. The third kappa shape index (κ3) is 3.01. The van der Waals surface area contributed by atoms with Gasteiger partial charge in [-0.15, -0.1) is 0 Å².